The topological polar surface area (TPSA) is 49.4 Å². The van der Waals surface area contributed by atoms with Crippen molar-refractivity contribution in [1.82, 2.24) is 4.90 Å². The maximum Gasteiger partial charge on any atom is 0.228 e. The van der Waals surface area contributed by atoms with E-state index in [4.69, 9.17) is 0 Å². The van der Waals surface area contributed by atoms with Gasteiger partial charge in [0.2, 0.25) is 5.91 Å². The number of rotatable bonds is 6. The van der Waals surface area contributed by atoms with Gasteiger partial charge in [0, 0.05) is 25.9 Å². The lowest BCUT2D eigenvalue weighted by molar-refractivity contribution is -0.115. The summed E-state index contributed by atoms with van der Waals surface area (Å²) in [5.74, 6) is -0.233. The second-order valence-corrected chi connectivity index (χ2v) is 7.49. The van der Waals surface area contributed by atoms with E-state index in [-0.39, 0.29) is 18.1 Å². The zero-order valence-corrected chi connectivity index (χ0v) is 16.5. The molecule has 0 saturated carbocycles. The molecule has 1 aromatic heterocycles. The molecule has 0 radical (unpaired) electrons. The van der Waals surface area contributed by atoms with Crippen LogP contribution in [-0.4, -0.2) is 30.7 Å². The van der Waals surface area contributed by atoms with Gasteiger partial charge in [0.1, 0.15) is 0 Å². The summed E-state index contributed by atoms with van der Waals surface area (Å²) in [7, 11) is 3.78. The maximum atomic E-state index is 12.6. The Kier molecular flexibility index (Phi) is 5.72. The molecule has 5 heteroatoms. The fourth-order valence-corrected chi connectivity index (χ4v) is 3.56. The Balaban J connectivity index is 1.77. The number of anilines is 1. The Morgan fingerprint density at radius 2 is 1.81 bits per heavy atom. The van der Waals surface area contributed by atoms with Crippen LogP contribution >= 0.6 is 11.3 Å². The van der Waals surface area contributed by atoms with Gasteiger partial charge in [-0.15, -0.1) is 11.3 Å². The molecule has 3 rings (SSSR count). The normalized spacial score (nSPS) is 11.4. The van der Waals surface area contributed by atoms with E-state index in [9.17, 15) is 9.59 Å². The van der Waals surface area contributed by atoms with Gasteiger partial charge in [-0.1, -0.05) is 42.5 Å². The first-order chi connectivity index (χ1) is 13.0. The predicted molar refractivity (Wildman–Crippen MR) is 112 cm³/mol. The van der Waals surface area contributed by atoms with E-state index >= 15 is 0 Å². The minimum absolute atomic E-state index is 0.100. The number of carbonyl (C=O) groups excluding carboxylic acids is 2. The van der Waals surface area contributed by atoms with Gasteiger partial charge in [0.15, 0.2) is 5.78 Å². The molecule has 0 aliphatic carbocycles. The molecule has 1 heterocycles. The van der Waals surface area contributed by atoms with Crippen LogP contribution in [0.3, 0.4) is 0 Å². The van der Waals surface area contributed by atoms with Gasteiger partial charge in [-0.25, -0.2) is 0 Å². The van der Waals surface area contributed by atoms with Crippen molar-refractivity contribution in [2.75, 3.05) is 19.4 Å². The number of nitrogens with zero attached hydrogens (tertiary/aromatic N) is 1. The summed E-state index contributed by atoms with van der Waals surface area (Å²) in [5.41, 5.74) is 2.40. The molecule has 1 N–H and O–H groups in total. The summed E-state index contributed by atoms with van der Waals surface area (Å²) in [6.07, 6.45) is 1.85. The third kappa shape index (κ3) is 4.44. The van der Waals surface area contributed by atoms with Crippen molar-refractivity contribution in [2.45, 2.75) is 13.3 Å². The van der Waals surface area contributed by atoms with Crippen molar-refractivity contribution in [3.63, 3.8) is 0 Å². The van der Waals surface area contributed by atoms with E-state index < -0.39 is 0 Å². The predicted octanol–water partition coefficient (Wildman–Crippen LogP) is 4.73. The SMILES string of the molecule is C/C(=C/C(=O)c1sccc1NC(=O)Cc1cccc2ccccc12)N(C)C. The number of hydrogen-bond donors (Lipinski definition) is 1. The second kappa shape index (κ2) is 8.18. The fourth-order valence-electron chi connectivity index (χ4n) is 2.80. The van der Waals surface area contributed by atoms with Crippen LogP contribution in [0.25, 0.3) is 10.8 Å². The molecule has 0 atom stereocenters. The molecular weight excluding hydrogens is 356 g/mol. The Hall–Kier alpha value is -2.92. The first kappa shape index (κ1) is 18.9. The van der Waals surface area contributed by atoms with Crippen molar-refractivity contribution in [3.8, 4) is 0 Å². The Labute approximate surface area is 163 Å². The van der Waals surface area contributed by atoms with Crippen LogP contribution in [0.15, 0.2) is 65.7 Å². The highest BCUT2D eigenvalue weighted by atomic mass is 32.1. The van der Waals surface area contributed by atoms with Crippen LogP contribution in [0.1, 0.15) is 22.2 Å². The molecule has 0 aliphatic rings. The molecule has 1 amide bonds. The van der Waals surface area contributed by atoms with Gasteiger partial charge in [-0.2, -0.15) is 0 Å². The van der Waals surface area contributed by atoms with Crippen LogP contribution in [0, 0.1) is 0 Å². The second-order valence-electron chi connectivity index (χ2n) is 6.57. The van der Waals surface area contributed by atoms with Crippen LogP contribution < -0.4 is 5.32 Å². The van der Waals surface area contributed by atoms with Crippen LogP contribution in [0.4, 0.5) is 5.69 Å². The number of carbonyl (C=O) groups is 2. The maximum absolute atomic E-state index is 12.6. The summed E-state index contributed by atoms with van der Waals surface area (Å²) in [6.45, 7) is 1.88. The van der Waals surface area contributed by atoms with Gasteiger partial charge in [0.25, 0.3) is 0 Å². The van der Waals surface area contributed by atoms with E-state index in [0.717, 1.165) is 22.0 Å². The lowest BCUT2D eigenvalue weighted by Crippen LogP contribution is -2.16. The highest BCUT2D eigenvalue weighted by Crippen LogP contribution is 2.25. The van der Waals surface area contributed by atoms with Crippen molar-refractivity contribution >= 4 is 39.5 Å². The molecule has 3 aromatic rings. The average molecular weight is 378 g/mol. The van der Waals surface area contributed by atoms with Gasteiger partial charge in [0.05, 0.1) is 17.0 Å². The molecular formula is C22H22N2O2S. The van der Waals surface area contributed by atoms with Crippen LogP contribution in [-0.2, 0) is 11.2 Å². The number of hydrogen-bond acceptors (Lipinski definition) is 4. The van der Waals surface area contributed by atoms with E-state index in [1.165, 1.54) is 11.3 Å². The van der Waals surface area contributed by atoms with Crippen molar-refractivity contribution in [1.29, 1.82) is 0 Å². The Morgan fingerprint density at radius 1 is 1.07 bits per heavy atom. The molecule has 4 nitrogen and oxygen atoms in total. The van der Waals surface area contributed by atoms with Gasteiger partial charge in [-0.3, -0.25) is 9.59 Å². The average Bonchev–Trinajstić information content (AvgIpc) is 3.10. The zero-order chi connectivity index (χ0) is 19.4. The molecule has 0 aliphatic heterocycles. The number of thiophene rings is 1. The Morgan fingerprint density at radius 3 is 2.59 bits per heavy atom. The summed E-state index contributed by atoms with van der Waals surface area (Å²) < 4.78 is 0. The molecule has 138 valence electrons. The van der Waals surface area contributed by atoms with Crippen molar-refractivity contribution in [3.05, 3.63) is 76.1 Å². The lowest BCUT2D eigenvalue weighted by atomic mass is 10.0. The highest BCUT2D eigenvalue weighted by molar-refractivity contribution is 7.12. The number of amides is 1. The van der Waals surface area contributed by atoms with E-state index in [2.05, 4.69) is 5.32 Å². The third-order valence-electron chi connectivity index (χ3n) is 4.44. The quantitative estimate of drug-likeness (QED) is 0.498. The number of allylic oxidation sites excluding steroid dienone is 2. The van der Waals surface area contributed by atoms with E-state index in [1.54, 1.807) is 12.1 Å². The molecule has 27 heavy (non-hydrogen) atoms. The van der Waals surface area contributed by atoms with E-state index in [0.29, 0.717) is 10.6 Å². The van der Waals surface area contributed by atoms with Gasteiger partial charge >= 0.3 is 0 Å². The van der Waals surface area contributed by atoms with E-state index in [1.807, 2.05) is 73.8 Å². The lowest BCUT2D eigenvalue weighted by Gasteiger charge is -2.12. The molecule has 0 bridgehead atoms. The summed E-state index contributed by atoms with van der Waals surface area (Å²) in [6, 6.07) is 15.7. The Bertz CT molecular complexity index is 1010. The smallest absolute Gasteiger partial charge is 0.228 e. The standard InChI is InChI=1S/C22H22N2O2S/c1-15(24(2)3)13-20(25)22-19(11-12-27-22)23-21(26)14-17-9-6-8-16-7-4-5-10-18(16)17/h4-13H,14H2,1-3H3,(H,23,26)/b15-13-. The van der Waals surface area contributed by atoms with Gasteiger partial charge < -0.3 is 10.2 Å². The molecule has 0 spiro atoms. The van der Waals surface area contributed by atoms with Crippen molar-refractivity contribution < 1.29 is 9.59 Å². The first-order valence-electron chi connectivity index (χ1n) is 8.69. The molecule has 2 aromatic carbocycles. The minimum atomic E-state index is -0.132. The largest absolute Gasteiger partial charge is 0.381 e. The summed E-state index contributed by atoms with van der Waals surface area (Å²) >= 11 is 1.33. The third-order valence-corrected chi connectivity index (χ3v) is 5.37. The number of ketones is 1. The van der Waals surface area contributed by atoms with Crippen LogP contribution in [0.5, 0.6) is 0 Å². The minimum Gasteiger partial charge on any atom is -0.381 e. The summed E-state index contributed by atoms with van der Waals surface area (Å²) in [5, 5.41) is 6.89. The molecule has 0 fully saturated rings. The van der Waals surface area contributed by atoms with Crippen LogP contribution in [0.2, 0.25) is 0 Å². The molecule has 0 unspecified atom stereocenters. The number of benzene rings is 2. The first-order valence-corrected chi connectivity index (χ1v) is 9.57. The highest BCUT2D eigenvalue weighted by Gasteiger charge is 2.15. The molecule has 0 saturated heterocycles. The zero-order valence-electron chi connectivity index (χ0n) is 15.7. The van der Waals surface area contributed by atoms with Gasteiger partial charge in [-0.05, 0) is 34.7 Å². The monoisotopic (exact) mass is 378 g/mol. The summed E-state index contributed by atoms with van der Waals surface area (Å²) in [4.78, 5) is 27.5. The fraction of sp³-hybridized carbons (Fsp3) is 0.182. The number of fused-ring (bicyclic) bond motifs is 1. The number of nitrogens with one attached hydrogen (secondary N) is 1. The van der Waals surface area contributed by atoms with Crippen molar-refractivity contribution in [2.24, 2.45) is 0 Å².